The van der Waals surface area contributed by atoms with E-state index < -0.39 is 0 Å². The van der Waals surface area contributed by atoms with Gasteiger partial charge in [0.2, 0.25) is 0 Å². The van der Waals surface area contributed by atoms with E-state index in [-0.39, 0.29) is 10.6 Å². The minimum absolute atomic E-state index is 0.0215. The van der Waals surface area contributed by atoms with Crippen LogP contribution in [-0.2, 0) is 14.1 Å². The molecule has 0 radical (unpaired) electrons. The molecule has 2 aromatic carbocycles. The van der Waals surface area contributed by atoms with Crippen LogP contribution in [0.15, 0.2) is 41.3 Å². The molecule has 134 valence electrons. The second-order valence-corrected chi connectivity index (χ2v) is 6.73. The Morgan fingerprint density at radius 3 is 2.48 bits per heavy atom. The second-order valence-electron chi connectivity index (χ2n) is 6.73. The molecule has 8 heteroatoms. The average molecular weight is 361 g/mol. The summed E-state index contributed by atoms with van der Waals surface area (Å²) in [6.45, 7) is 1.95. The summed E-state index contributed by atoms with van der Waals surface area (Å²) >= 11 is 0. The third-order valence-electron chi connectivity index (χ3n) is 5.26. The summed E-state index contributed by atoms with van der Waals surface area (Å²) in [6, 6.07) is 7.84. The number of rotatable bonds is 2. The van der Waals surface area contributed by atoms with Crippen molar-refractivity contribution in [3.63, 3.8) is 0 Å². The van der Waals surface area contributed by atoms with E-state index in [9.17, 15) is 10.1 Å². The molecule has 0 aliphatic rings. The van der Waals surface area contributed by atoms with Gasteiger partial charge in [-0.05, 0) is 23.3 Å². The van der Waals surface area contributed by atoms with E-state index in [1.807, 2.05) is 49.9 Å². The fourth-order valence-corrected chi connectivity index (χ4v) is 4.00. The van der Waals surface area contributed by atoms with Crippen LogP contribution in [-0.4, -0.2) is 24.4 Å². The molecular weight excluding hydrogens is 346 g/mol. The summed E-state index contributed by atoms with van der Waals surface area (Å²) in [5, 5.41) is 22.3. The third kappa shape index (κ3) is 1.92. The van der Waals surface area contributed by atoms with Crippen molar-refractivity contribution in [3.8, 4) is 11.1 Å². The van der Waals surface area contributed by atoms with E-state index in [0.717, 1.165) is 22.2 Å². The molecule has 0 N–H and O–H groups in total. The van der Waals surface area contributed by atoms with Crippen LogP contribution in [0, 0.1) is 17.0 Å². The van der Waals surface area contributed by atoms with Gasteiger partial charge >= 0.3 is 0 Å². The lowest BCUT2D eigenvalue weighted by atomic mass is 9.96. The molecular formula is C19H15N5O3. The zero-order valence-corrected chi connectivity index (χ0v) is 14.9. The maximum absolute atomic E-state index is 12.1. The van der Waals surface area contributed by atoms with E-state index in [4.69, 9.17) is 4.63 Å². The van der Waals surface area contributed by atoms with Gasteiger partial charge in [-0.25, -0.2) is 4.63 Å². The normalized spacial score (nSPS) is 11.8. The van der Waals surface area contributed by atoms with Crippen LogP contribution in [0.4, 0.5) is 5.69 Å². The molecule has 3 heterocycles. The molecule has 8 nitrogen and oxygen atoms in total. The number of fused-ring (bicyclic) bond motifs is 4. The Morgan fingerprint density at radius 2 is 1.70 bits per heavy atom. The van der Waals surface area contributed by atoms with E-state index in [0.29, 0.717) is 27.4 Å². The molecule has 0 spiro atoms. The zero-order chi connectivity index (χ0) is 18.9. The Kier molecular flexibility index (Phi) is 2.98. The Bertz CT molecular complexity index is 1390. The maximum Gasteiger partial charge on any atom is 0.289 e. The largest absolute Gasteiger partial charge is 0.356 e. The highest BCUT2D eigenvalue weighted by molar-refractivity contribution is 6.19. The summed E-state index contributed by atoms with van der Waals surface area (Å²) in [5.41, 5.74) is 4.10. The predicted octanol–water partition coefficient (Wildman–Crippen LogP) is 4.09. The van der Waals surface area contributed by atoms with Crippen LogP contribution in [0.3, 0.4) is 0 Å². The predicted molar refractivity (Wildman–Crippen MR) is 102 cm³/mol. The highest BCUT2D eigenvalue weighted by Crippen LogP contribution is 2.46. The third-order valence-corrected chi connectivity index (χ3v) is 5.26. The van der Waals surface area contributed by atoms with Gasteiger partial charge in [-0.3, -0.25) is 10.1 Å². The second kappa shape index (κ2) is 5.16. The zero-order valence-electron chi connectivity index (χ0n) is 14.9. The first-order valence-corrected chi connectivity index (χ1v) is 8.41. The van der Waals surface area contributed by atoms with Crippen LogP contribution in [0.25, 0.3) is 43.8 Å². The lowest BCUT2D eigenvalue weighted by molar-refractivity contribution is -0.382. The highest BCUT2D eigenvalue weighted by Gasteiger charge is 2.31. The quantitative estimate of drug-likeness (QED) is 0.349. The highest BCUT2D eigenvalue weighted by atomic mass is 16.6. The number of aromatic nitrogens is 4. The number of hydrogen-bond donors (Lipinski definition) is 0. The molecule has 3 aromatic heterocycles. The van der Waals surface area contributed by atoms with Crippen LogP contribution < -0.4 is 0 Å². The molecule has 0 unspecified atom stereocenters. The number of hydrogen-bond acceptors (Lipinski definition) is 5. The van der Waals surface area contributed by atoms with E-state index in [1.165, 1.54) is 0 Å². The molecule has 5 rings (SSSR count). The molecule has 0 atom stereocenters. The van der Waals surface area contributed by atoms with Gasteiger partial charge in [0.1, 0.15) is 5.52 Å². The summed E-state index contributed by atoms with van der Waals surface area (Å²) in [4.78, 5) is 11.8. The number of benzene rings is 2. The Morgan fingerprint density at radius 1 is 1.00 bits per heavy atom. The first-order chi connectivity index (χ1) is 13.0. The van der Waals surface area contributed by atoms with Crippen molar-refractivity contribution in [3.05, 3.63) is 52.5 Å². The fraction of sp³-hybridized carbons (Fsp3) is 0.158. The smallest absolute Gasteiger partial charge is 0.289 e. The van der Waals surface area contributed by atoms with Gasteiger partial charge in [-0.15, -0.1) is 0 Å². The first kappa shape index (κ1) is 15.6. The van der Waals surface area contributed by atoms with Gasteiger partial charge in [0.05, 0.1) is 15.9 Å². The number of para-hydroxylation sites is 1. The lowest BCUT2D eigenvalue weighted by Gasteiger charge is -2.06. The number of nitro groups is 1. The van der Waals surface area contributed by atoms with Crippen molar-refractivity contribution in [2.45, 2.75) is 6.92 Å². The molecule has 0 bridgehead atoms. The van der Waals surface area contributed by atoms with Gasteiger partial charge in [0.25, 0.3) is 5.69 Å². The Balaban J connectivity index is 2.09. The summed E-state index contributed by atoms with van der Waals surface area (Å²) in [6.07, 6.45) is 3.54. The summed E-state index contributed by atoms with van der Waals surface area (Å²) < 4.78 is 8.81. The van der Waals surface area contributed by atoms with Gasteiger partial charge in [0, 0.05) is 54.0 Å². The van der Waals surface area contributed by atoms with E-state index in [2.05, 4.69) is 10.3 Å². The molecule has 0 fully saturated rings. The van der Waals surface area contributed by atoms with Gasteiger partial charge in [0.15, 0.2) is 5.52 Å². The van der Waals surface area contributed by atoms with Gasteiger partial charge < -0.3 is 9.13 Å². The number of nitrogens with zero attached hydrogens (tertiary/aromatic N) is 5. The van der Waals surface area contributed by atoms with Crippen molar-refractivity contribution >= 4 is 38.4 Å². The van der Waals surface area contributed by atoms with Gasteiger partial charge in [-0.2, -0.15) is 0 Å². The minimum Gasteiger partial charge on any atom is -0.356 e. The van der Waals surface area contributed by atoms with Crippen molar-refractivity contribution in [1.82, 2.24) is 19.4 Å². The monoisotopic (exact) mass is 361 g/mol. The van der Waals surface area contributed by atoms with Crippen LogP contribution >= 0.6 is 0 Å². The lowest BCUT2D eigenvalue weighted by Crippen LogP contribution is -1.96. The van der Waals surface area contributed by atoms with E-state index >= 15 is 0 Å². The molecule has 0 saturated heterocycles. The molecule has 0 aliphatic heterocycles. The van der Waals surface area contributed by atoms with Crippen LogP contribution in [0.5, 0.6) is 0 Å². The summed E-state index contributed by atoms with van der Waals surface area (Å²) in [5.74, 6) is 0. The first-order valence-electron chi connectivity index (χ1n) is 8.41. The SMILES string of the molecule is Cc1c(-c2c([N+](=O)[O-])c3cn(C)cc3c3nonc23)c2ccccc2n1C. The van der Waals surface area contributed by atoms with E-state index in [1.54, 1.807) is 17.0 Å². The standard InChI is InChI=1S/C19H15N5O3/c1-10-15(11-6-4-5-7-14(11)23(10)3)16-18-17(20-27-21-18)12-8-22(2)9-13(12)19(16)24(25)26/h4-9H,1-3H3. The van der Waals surface area contributed by atoms with Gasteiger partial charge in [-0.1, -0.05) is 18.2 Å². The molecule has 0 saturated carbocycles. The number of aryl methyl sites for hydroxylation is 2. The van der Waals surface area contributed by atoms with Crippen molar-refractivity contribution in [2.75, 3.05) is 0 Å². The molecule has 0 aliphatic carbocycles. The minimum atomic E-state index is -0.340. The molecule has 5 aromatic rings. The van der Waals surface area contributed by atoms with Crippen LogP contribution in [0.1, 0.15) is 5.69 Å². The molecule has 0 amide bonds. The van der Waals surface area contributed by atoms with Crippen LogP contribution in [0.2, 0.25) is 0 Å². The Hall–Kier alpha value is -3.68. The average Bonchev–Trinajstić information content (AvgIpc) is 3.32. The topological polar surface area (TPSA) is 91.9 Å². The van der Waals surface area contributed by atoms with Crippen molar-refractivity contribution in [2.24, 2.45) is 14.1 Å². The summed E-state index contributed by atoms with van der Waals surface area (Å²) in [7, 11) is 3.78. The fourth-order valence-electron chi connectivity index (χ4n) is 4.00. The van der Waals surface area contributed by atoms with Crippen molar-refractivity contribution in [1.29, 1.82) is 0 Å². The Labute approximate surface area is 152 Å². The molecule has 27 heavy (non-hydrogen) atoms. The maximum atomic E-state index is 12.1. The van der Waals surface area contributed by atoms with Crippen molar-refractivity contribution < 1.29 is 9.55 Å². The number of nitro benzene ring substituents is 1.